The van der Waals surface area contributed by atoms with Gasteiger partial charge in [-0.2, -0.15) is 5.26 Å². The van der Waals surface area contributed by atoms with Crippen molar-refractivity contribution in [1.82, 2.24) is 20.1 Å². The molecule has 3 aromatic rings. The van der Waals surface area contributed by atoms with Gasteiger partial charge in [-0.1, -0.05) is 90.6 Å². The zero-order valence-electron chi connectivity index (χ0n) is 28.9. The number of fused-ring (bicyclic) bond motifs is 1. The molecule has 0 bridgehead atoms. The highest BCUT2D eigenvalue weighted by atomic mass is 16.2. The zero-order chi connectivity index (χ0) is 35.2. The Bertz CT molecular complexity index is 1530. The number of nitriles is 1. The molecule has 9 nitrogen and oxygen atoms in total. The van der Waals surface area contributed by atoms with Gasteiger partial charge in [0.25, 0.3) is 0 Å². The van der Waals surface area contributed by atoms with Gasteiger partial charge in [-0.25, -0.2) is 4.79 Å². The van der Waals surface area contributed by atoms with Gasteiger partial charge >= 0.3 is 6.03 Å². The molecule has 3 amide bonds. The van der Waals surface area contributed by atoms with E-state index in [1.165, 1.54) is 0 Å². The summed E-state index contributed by atoms with van der Waals surface area (Å²) in [6.07, 6.45) is 11.9. The highest BCUT2D eigenvalue weighted by Crippen LogP contribution is 2.27. The van der Waals surface area contributed by atoms with E-state index in [9.17, 15) is 14.9 Å². The van der Waals surface area contributed by atoms with Gasteiger partial charge in [0.15, 0.2) is 0 Å². The zero-order valence-corrected chi connectivity index (χ0v) is 28.9. The lowest BCUT2D eigenvalue weighted by Crippen LogP contribution is -2.47. The third-order valence-corrected chi connectivity index (χ3v) is 7.42. The Balaban J connectivity index is 0.00000298. The molecule has 258 valence electrons. The smallest absolute Gasteiger partial charge is 0.321 e. The lowest BCUT2D eigenvalue weighted by atomic mass is 10.0. The molecule has 9 heteroatoms. The molecule has 0 saturated heterocycles. The van der Waals surface area contributed by atoms with Crippen molar-refractivity contribution in [3.63, 3.8) is 0 Å². The van der Waals surface area contributed by atoms with Crippen LogP contribution in [-0.4, -0.2) is 73.8 Å². The molecule has 0 radical (unpaired) electrons. The van der Waals surface area contributed by atoms with Crippen LogP contribution in [-0.2, 0) is 9.59 Å². The molecular formula is C39H54N6O3. The van der Waals surface area contributed by atoms with Crippen LogP contribution in [0.3, 0.4) is 0 Å². The maximum absolute atomic E-state index is 13.1. The summed E-state index contributed by atoms with van der Waals surface area (Å²) in [5.41, 5.74) is 4.90. The number of nitrogens with zero attached hydrogens (tertiary/aromatic N) is 5. The van der Waals surface area contributed by atoms with Crippen LogP contribution in [0.15, 0.2) is 90.8 Å². The van der Waals surface area contributed by atoms with Crippen molar-refractivity contribution in [1.29, 1.82) is 5.26 Å². The van der Waals surface area contributed by atoms with Crippen molar-refractivity contribution in [2.45, 2.75) is 60.9 Å². The van der Waals surface area contributed by atoms with E-state index in [-0.39, 0.29) is 19.5 Å². The number of carbonyl (C=O) groups excluding carboxylic acids is 3. The number of amides is 3. The topological polar surface area (TPSA) is 110 Å². The number of carbonyl (C=O) groups is 3. The second kappa shape index (κ2) is 24.2. The second-order valence-corrected chi connectivity index (χ2v) is 10.1. The van der Waals surface area contributed by atoms with Crippen molar-refractivity contribution in [2.24, 2.45) is 0 Å². The van der Waals surface area contributed by atoms with Gasteiger partial charge < -0.3 is 19.9 Å². The third kappa shape index (κ3) is 12.3. The van der Waals surface area contributed by atoms with Crippen molar-refractivity contribution >= 4 is 41.4 Å². The first kappa shape index (κ1) is 42.9. The molecule has 1 unspecified atom stereocenters. The first-order valence-electron chi connectivity index (χ1n) is 16.1. The van der Waals surface area contributed by atoms with E-state index in [1.54, 1.807) is 41.2 Å². The Morgan fingerprint density at radius 2 is 1.67 bits per heavy atom. The first-order chi connectivity index (χ1) is 22.9. The average molecular weight is 655 g/mol. The van der Waals surface area contributed by atoms with E-state index in [0.29, 0.717) is 37.1 Å². The number of rotatable bonds is 11. The number of pyridine rings is 1. The SMILES string of the molecule is C.C=O.CC.CC.CCC(CN(C)C(=O)NC1=CC=CC=C(c2ccccc2)C1)N(C)CCN(C=O)c1ccc(C#N)c2ncccc12. The minimum absolute atomic E-state index is 0. The van der Waals surface area contributed by atoms with Crippen LogP contribution < -0.4 is 10.2 Å². The largest absolute Gasteiger partial charge is 0.326 e. The molecular weight excluding hydrogens is 600 g/mol. The quantitative estimate of drug-likeness (QED) is 0.211. The van der Waals surface area contributed by atoms with Crippen LogP contribution in [0.5, 0.6) is 0 Å². The summed E-state index contributed by atoms with van der Waals surface area (Å²) in [7, 11) is 3.82. The number of likely N-dealkylation sites (N-methyl/N-ethyl adjacent to an activating group) is 2. The minimum atomic E-state index is -0.156. The van der Waals surface area contributed by atoms with Crippen LogP contribution >= 0.6 is 0 Å². The molecule has 1 aliphatic rings. The van der Waals surface area contributed by atoms with Crippen LogP contribution in [0.1, 0.15) is 66.0 Å². The molecule has 1 aliphatic carbocycles. The van der Waals surface area contributed by atoms with Gasteiger partial charge in [-0.05, 0) is 54.9 Å². The molecule has 1 N–H and O–H groups in total. The van der Waals surface area contributed by atoms with Crippen molar-refractivity contribution in [2.75, 3.05) is 38.6 Å². The third-order valence-electron chi connectivity index (χ3n) is 7.42. The van der Waals surface area contributed by atoms with Crippen LogP contribution in [0.2, 0.25) is 0 Å². The highest BCUT2D eigenvalue weighted by molar-refractivity contribution is 5.99. The predicted octanol–water partition coefficient (Wildman–Crippen LogP) is 7.85. The summed E-state index contributed by atoms with van der Waals surface area (Å²) in [5.74, 6) is 0. The summed E-state index contributed by atoms with van der Waals surface area (Å²) >= 11 is 0. The van der Waals surface area contributed by atoms with Gasteiger partial charge in [0.1, 0.15) is 12.9 Å². The molecule has 1 aromatic heterocycles. The molecule has 4 rings (SSSR count). The summed E-state index contributed by atoms with van der Waals surface area (Å²) < 4.78 is 0. The van der Waals surface area contributed by atoms with Crippen LogP contribution in [0.4, 0.5) is 10.5 Å². The fourth-order valence-electron chi connectivity index (χ4n) is 4.99. The van der Waals surface area contributed by atoms with E-state index >= 15 is 0 Å². The molecule has 0 aliphatic heterocycles. The number of benzene rings is 2. The highest BCUT2D eigenvalue weighted by Gasteiger charge is 2.21. The molecule has 0 spiro atoms. The van der Waals surface area contributed by atoms with Crippen molar-refractivity contribution in [3.8, 4) is 6.07 Å². The summed E-state index contributed by atoms with van der Waals surface area (Å²) in [6.45, 7) is 13.7. The number of urea groups is 1. The average Bonchev–Trinajstić information content (AvgIpc) is 3.39. The molecule has 1 heterocycles. The fraction of sp³-hybridized carbons (Fsp3) is 0.359. The normalized spacial score (nSPS) is 11.9. The molecule has 1 atom stereocenters. The lowest BCUT2D eigenvalue weighted by Gasteiger charge is -2.32. The van der Waals surface area contributed by atoms with E-state index < -0.39 is 0 Å². The van der Waals surface area contributed by atoms with Gasteiger partial charge in [-0.15, -0.1) is 0 Å². The van der Waals surface area contributed by atoms with E-state index in [4.69, 9.17) is 4.79 Å². The molecule has 0 fully saturated rings. The monoisotopic (exact) mass is 654 g/mol. The molecule has 0 saturated carbocycles. The van der Waals surface area contributed by atoms with Crippen LogP contribution in [0, 0.1) is 11.3 Å². The Morgan fingerprint density at radius 3 is 2.29 bits per heavy atom. The predicted molar refractivity (Wildman–Crippen MR) is 201 cm³/mol. The van der Waals surface area contributed by atoms with Crippen molar-refractivity contribution < 1.29 is 14.4 Å². The second-order valence-electron chi connectivity index (χ2n) is 10.1. The van der Waals surface area contributed by atoms with Gasteiger partial charge in [0, 0.05) is 56.4 Å². The molecule has 48 heavy (non-hydrogen) atoms. The number of anilines is 1. The Kier molecular flexibility index (Phi) is 21.6. The van der Waals surface area contributed by atoms with Gasteiger partial charge in [0.2, 0.25) is 6.41 Å². The minimum Gasteiger partial charge on any atom is -0.326 e. The number of aromatic nitrogens is 1. The number of hydrogen-bond donors (Lipinski definition) is 1. The Hall–Kier alpha value is -5.07. The summed E-state index contributed by atoms with van der Waals surface area (Å²) in [4.78, 5) is 43.1. The maximum Gasteiger partial charge on any atom is 0.321 e. The Labute approximate surface area is 288 Å². The summed E-state index contributed by atoms with van der Waals surface area (Å²) in [6, 6.07) is 19.5. The van der Waals surface area contributed by atoms with Crippen LogP contribution in [0.25, 0.3) is 16.5 Å². The van der Waals surface area contributed by atoms with E-state index in [1.807, 2.05) is 84.0 Å². The number of allylic oxidation sites excluding steroid dienone is 5. The number of hydrogen-bond acceptors (Lipinski definition) is 6. The van der Waals surface area contributed by atoms with Gasteiger partial charge in [0.05, 0.1) is 16.8 Å². The molecule has 2 aromatic carbocycles. The first-order valence-corrected chi connectivity index (χ1v) is 16.1. The number of nitrogens with one attached hydrogen (secondary N) is 1. The van der Waals surface area contributed by atoms with E-state index in [0.717, 1.165) is 40.7 Å². The Morgan fingerprint density at radius 1 is 1.00 bits per heavy atom. The maximum atomic E-state index is 13.1. The lowest BCUT2D eigenvalue weighted by molar-refractivity contribution is -0.107. The fourth-order valence-corrected chi connectivity index (χ4v) is 4.99. The van der Waals surface area contributed by atoms with Crippen molar-refractivity contribution in [3.05, 3.63) is 102 Å². The van der Waals surface area contributed by atoms with E-state index in [2.05, 4.69) is 46.4 Å². The van der Waals surface area contributed by atoms with Gasteiger partial charge in [-0.3, -0.25) is 14.7 Å². The summed E-state index contributed by atoms with van der Waals surface area (Å²) in [5, 5.41) is 13.3. The standard InChI is InChI=1S/C33H36N6O2.2C2H6.CH2O.CH4/c1-4-29(23-38(3)33(41)36-28-14-9-8-13-26(21-28)25-11-6-5-7-12-25)37(2)19-20-39(24-40)31-17-16-27(22-34)32-30(31)15-10-18-35-32;3*1-2;/h5-18,24,29H,4,19-21,23H2,1-3H3,(H,36,41);2*1-2H3;1H2;1H4.